The van der Waals surface area contributed by atoms with Gasteiger partial charge in [0, 0.05) is 17.1 Å². The smallest absolute Gasteiger partial charge is 0.257 e. The highest BCUT2D eigenvalue weighted by Gasteiger charge is 2.21. The van der Waals surface area contributed by atoms with Crippen LogP contribution in [0.4, 0.5) is 0 Å². The molecule has 5 heteroatoms. The Bertz CT molecular complexity index is 421. The first-order chi connectivity index (χ1) is 8.51. The van der Waals surface area contributed by atoms with Crippen LogP contribution < -0.4 is 4.74 Å². The first-order valence-corrected chi connectivity index (χ1v) is 6.56. The molecule has 100 valence electrons. The van der Waals surface area contributed by atoms with Gasteiger partial charge >= 0.3 is 0 Å². The van der Waals surface area contributed by atoms with Crippen molar-refractivity contribution in [1.82, 2.24) is 4.90 Å². The third-order valence-corrected chi connectivity index (χ3v) is 3.11. The van der Waals surface area contributed by atoms with E-state index in [9.17, 15) is 4.79 Å². The number of aliphatic hydroxyl groups is 1. The van der Waals surface area contributed by atoms with Crippen LogP contribution in [0.15, 0.2) is 22.7 Å². The highest BCUT2D eigenvalue weighted by Crippen LogP contribution is 2.25. The molecule has 0 heterocycles. The first kappa shape index (κ1) is 15.0. The Labute approximate surface area is 116 Å². The topological polar surface area (TPSA) is 49.8 Å². The van der Waals surface area contributed by atoms with Gasteiger partial charge in [-0.05, 0) is 32.0 Å². The lowest BCUT2D eigenvalue weighted by molar-refractivity contribution is 0.0662. The van der Waals surface area contributed by atoms with Crippen LogP contribution in [0.2, 0.25) is 0 Å². The fourth-order valence-electron chi connectivity index (χ4n) is 1.70. The van der Waals surface area contributed by atoms with Gasteiger partial charge < -0.3 is 14.7 Å². The van der Waals surface area contributed by atoms with E-state index in [0.29, 0.717) is 17.9 Å². The molecule has 0 aromatic heterocycles. The van der Waals surface area contributed by atoms with E-state index in [4.69, 9.17) is 9.84 Å². The Balaban J connectivity index is 3.08. The monoisotopic (exact) mass is 315 g/mol. The molecule has 1 aromatic rings. The van der Waals surface area contributed by atoms with E-state index < -0.39 is 0 Å². The molecule has 0 saturated heterocycles. The molecule has 0 atom stereocenters. The maximum atomic E-state index is 12.4. The fraction of sp³-hybridized carbons (Fsp3) is 0.462. The third-order valence-electron chi connectivity index (χ3n) is 2.62. The lowest BCUT2D eigenvalue weighted by Crippen LogP contribution is -2.39. The van der Waals surface area contributed by atoms with E-state index in [1.54, 1.807) is 23.1 Å². The molecule has 18 heavy (non-hydrogen) atoms. The lowest BCUT2D eigenvalue weighted by Gasteiger charge is -2.26. The van der Waals surface area contributed by atoms with E-state index in [0.717, 1.165) is 4.47 Å². The number of halogens is 1. The minimum absolute atomic E-state index is 0.0259. The molecular formula is C13H18BrNO3. The normalized spacial score (nSPS) is 10.6. The molecule has 0 aliphatic carbocycles. The van der Waals surface area contributed by atoms with Gasteiger partial charge in [0.1, 0.15) is 5.75 Å². The highest BCUT2D eigenvalue weighted by atomic mass is 79.9. The Morgan fingerprint density at radius 3 is 2.67 bits per heavy atom. The highest BCUT2D eigenvalue weighted by molar-refractivity contribution is 9.10. The Kier molecular flexibility index (Phi) is 5.62. The second-order valence-corrected chi connectivity index (χ2v) is 5.08. The van der Waals surface area contributed by atoms with Crippen LogP contribution in [0.1, 0.15) is 24.2 Å². The number of nitrogens with zero attached hydrogens (tertiary/aromatic N) is 1. The quantitative estimate of drug-likeness (QED) is 0.907. The van der Waals surface area contributed by atoms with Gasteiger partial charge in [-0.2, -0.15) is 0 Å². The summed E-state index contributed by atoms with van der Waals surface area (Å²) < 4.78 is 6.07. The average Bonchev–Trinajstić information content (AvgIpc) is 2.34. The van der Waals surface area contributed by atoms with Crippen molar-refractivity contribution >= 4 is 21.8 Å². The van der Waals surface area contributed by atoms with Gasteiger partial charge in [0.15, 0.2) is 0 Å². The number of hydrogen-bond donors (Lipinski definition) is 1. The van der Waals surface area contributed by atoms with Gasteiger partial charge in [0.2, 0.25) is 0 Å². The molecule has 4 nitrogen and oxygen atoms in total. The van der Waals surface area contributed by atoms with Crippen LogP contribution >= 0.6 is 15.9 Å². The SMILES string of the molecule is COc1cc(Br)ccc1C(=O)N(CCO)C(C)C. The number of carbonyl (C=O) groups is 1. The molecule has 0 saturated carbocycles. The molecule has 1 rings (SSSR count). The summed E-state index contributed by atoms with van der Waals surface area (Å²) >= 11 is 3.34. The van der Waals surface area contributed by atoms with Crippen molar-refractivity contribution in [3.63, 3.8) is 0 Å². The van der Waals surface area contributed by atoms with Crippen LogP contribution in [0.25, 0.3) is 0 Å². The summed E-state index contributed by atoms with van der Waals surface area (Å²) in [6, 6.07) is 5.30. The summed E-state index contributed by atoms with van der Waals surface area (Å²) in [6.45, 7) is 4.09. The van der Waals surface area contributed by atoms with Crippen molar-refractivity contribution in [2.24, 2.45) is 0 Å². The van der Waals surface area contributed by atoms with Crippen LogP contribution in [0.5, 0.6) is 5.75 Å². The maximum absolute atomic E-state index is 12.4. The zero-order valence-corrected chi connectivity index (χ0v) is 12.4. The van der Waals surface area contributed by atoms with Crippen molar-refractivity contribution in [2.45, 2.75) is 19.9 Å². The Hall–Kier alpha value is -1.07. The maximum Gasteiger partial charge on any atom is 0.257 e. The van der Waals surface area contributed by atoms with Crippen LogP contribution in [0.3, 0.4) is 0 Å². The summed E-state index contributed by atoms with van der Waals surface area (Å²) in [6.07, 6.45) is 0. The van der Waals surface area contributed by atoms with Gasteiger partial charge in [0.05, 0.1) is 19.3 Å². The number of hydrogen-bond acceptors (Lipinski definition) is 3. The number of benzene rings is 1. The fourth-order valence-corrected chi connectivity index (χ4v) is 2.04. The predicted octanol–water partition coefficient (Wildman–Crippen LogP) is 2.30. The van der Waals surface area contributed by atoms with Crippen molar-refractivity contribution in [3.8, 4) is 5.75 Å². The summed E-state index contributed by atoms with van der Waals surface area (Å²) in [4.78, 5) is 14.0. The number of carbonyl (C=O) groups excluding carboxylic acids is 1. The number of aliphatic hydroxyl groups excluding tert-OH is 1. The van der Waals surface area contributed by atoms with E-state index in [1.165, 1.54) is 7.11 Å². The second kappa shape index (κ2) is 6.75. The number of methoxy groups -OCH3 is 1. The van der Waals surface area contributed by atoms with Gasteiger partial charge in [-0.1, -0.05) is 15.9 Å². The minimum Gasteiger partial charge on any atom is -0.496 e. The Morgan fingerprint density at radius 1 is 1.50 bits per heavy atom. The standard InChI is InChI=1S/C13H18BrNO3/c1-9(2)15(6-7-16)13(17)11-5-4-10(14)8-12(11)18-3/h4-5,8-9,16H,6-7H2,1-3H3. The zero-order chi connectivity index (χ0) is 13.7. The average molecular weight is 316 g/mol. The van der Waals surface area contributed by atoms with Crippen LogP contribution in [-0.4, -0.2) is 42.2 Å². The molecular weight excluding hydrogens is 298 g/mol. The molecule has 1 aromatic carbocycles. The summed E-state index contributed by atoms with van der Waals surface area (Å²) in [5.74, 6) is 0.390. The summed E-state index contributed by atoms with van der Waals surface area (Å²) in [5.41, 5.74) is 0.503. The van der Waals surface area contributed by atoms with Gasteiger partial charge in [0.25, 0.3) is 5.91 Å². The molecule has 0 unspecified atom stereocenters. The van der Waals surface area contributed by atoms with Crippen LogP contribution in [-0.2, 0) is 0 Å². The molecule has 1 amide bonds. The van der Waals surface area contributed by atoms with E-state index >= 15 is 0 Å². The lowest BCUT2D eigenvalue weighted by atomic mass is 10.1. The predicted molar refractivity (Wildman–Crippen MR) is 74.0 cm³/mol. The number of rotatable bonds is 5. The van der Waals surface area contributed by atoms with E-state index in [2.05, 4.69) is 15.9 Å². The molecule has 0 aliphatic rings. The summed E-state index contributed by atoms with van der Waals surface area (Å²) in [5, 5.41) is 9.02. The molecule has 0 radical (unpaired) electrons. The largest absolute Gasteiger partial charge is 0.496 e. The molecule has 0 aliphatic heterocycles. The summed E-state index contributed by atoms with van der Waals surface area (Å²) in [7, 11) is 1.53. The van der Waals surface area contributed by atoms with Gasteiger partial charge in [-0.25, -0.2) is 0 Å². The van der Waals surface area contributed by atoms with Crippen molar-refractivity contribution in [2.75, 3.05) is 20.3 Å². The Morgan fingerprint density at radius 2 is 2.17 bits per heavy atom. The number of amides is 1. The third kappa shape index (κ3) is 3.46. The zero-order valence-electron chi connectivity index (χ0n) is 10.8. The van der Waals surface area contributed by atoms with Gasteiger partial charge in [-0.3, -0.25) is 4.79 Å². The van der Waals surface area contributed by atoms with Crippen molar-refractivity contribution < 1.29 is 14.6 Å². The first-order valence-electron chi connectivity index (χ1n) is 5.76. The molecule has 0 bridgehead atoms. The van der Waals surface area contributed by atoms with Gasteiger partial charge in [-0.15, -0.1) is 0 Å². The number of ether oxygens (including phenoxy) is 1. The minimum atomic E-state index is -0.136. The van der Waals surface area contributed by atoms with E-state index in [1.807, 2.05) is 13.8 Å². The van der Waals surface area contributed by atoms with Crippen molar-refractivity contribution in [1.29, 1.82) is 0 Å². The van der Waals surface area contributed by atoms with Crippen molar-refractivity contribution in [3.05, 3.63) is 28.2 Å². The molecule has 1 N–H and O–H groups in total. The molecule has 0 fully saturated rings. The molecule has 0 spiro atoms. The van der Waals surface area contributed by atoms with Crippen LogP contribution in [0, 0.1) is 0 Å². The van der Waals surface area contributed by atoms with E-state index in [-0.39, 0.29) is 18.6 Å². The second-order valence-electron chi connectivity index (χ2n) is 4.16.